The van der Waals surface area contributed by atoms with E-state index in [0.717, 1.165) is 5.56 Å². The largest absolute Gasteiger partial charge is 0.488 e. The van der Waals surface area contributed by atoms with Gasteiger partial charge in [0.1, 0.15) is 11.9 Å². The molecule has 0 aromatic heterocycles. The lowest BCUT2D eigenvalue weighted by molar-refractivity contribution is 0.0341. The average Bonchev–Trinajstić information content (AvgIpc) is 3.03. The number of nitrogens with zero attached hydrogens (tertiary/aromatic N) is 2. The van der Waals surface area contributed by atoms with Crippen LogP contribution in [0.4, 0.5) is 5.69 Å². The number of rotatable bonds is 10. The van der Waals surface area contributed by atoms with Gasteiger partial charge in [0, 0.05) is 31.2 Å². The van der Waals surface area contributed by atoms with E-state index in [1.165, 1.54) is 22.8 Å². The number of carbonyl (C=O) groups is 1. The Morgan fingerprint density at radius 2 is 1.64 bits per heavy atom. The molecule has 1 aliphatic heterocycles. The average molecular weight is 628 g/mol. The van der Waals surface area contributed by atoms with Crippen molar-refractivity contribution in [3.63, 3.8) is 0 Å². The zero-order valence-corrected chi connectivity index (χ0v) is 27.0. The first-order chi connectivity index (χ1) is 21.5. The molecule has 8 nitrogen and oxygen atoms in total. The molecule has 0 spiro atoms. The second-order valence-electron chi connectivity index (χ2n) is 12.0. The van der Waals surface area contributed by atoms with Crippen LogP contribution >= 0.6 is 0 Å². The summed E-state index contributed by atoms with van der Waals surface area (Å²) < 4.78 is 35.3. The topological polar surface area (TPSA) is 99.2 Å². The van der Waals surface area contributed by atoms with Gasteiger partial charge in [-0.1, -0.05) is 79.2 Å². The predicted molar refractivity (Wildman–Crippen MR) is 178 cm³/mol. The Balaban J connectivity index is 1.36. The molecule has 4 aromatic carbocycles. The first-order valence-electron chi connectivity index (χ1n) is 15.2. The van der Waals surface area contributed by atoms with Crippen LogP contribution in [0.5, 0.6) is 5.75 Å². The number of benzene rings is 4. The van der Waals surface area contributed by atoms with E-state index in [9.17, 15) is 18.3 Å². The Labute approximate surface area is 266 Å². The number of hydrogen-bond acceptors (Lipinski definition) is 6. The van der Waals surface area contributed by atoms with Crippen LogP contribution in [0.3, 0.4) is 0 Å². The van der Waals surface area contributed by atoms with Crippen molar-refractivity contribution in [1.82, 2.24) is 9.80 Å². The van der Waals surface area contributed by atoms with Gasteiger partial charge in [-0.05, 0) is 67.9 Å². The van der Waals surface area contributed by atoms with Crippen LogP contribution < -0.4 is 9.46 Å². The van der Waals surface area contributed by atoms with Gasteiger partial charge in [-0.2, -0.15) is 0 Å². The van der Waals surface area contributed by atoms with E-state index in [0.29, 0.717) is 25.4 Å². The molecular weight excluding hydrogens is 586 g/mol. The summed E-state index contributed by atoms with van der Waals surface area (Å²) in [5.41, 5.74) is 4.96. The lowest BCUT2D eigenvalue weighted by Crippen LogP contribution is -2.49. The zero-order valence-electron chi connectivity index (χ0n) is 26.2. The fourth-order valence-electron chi connectivity index (χ4n) is 5.55. The number of anilines is 1. The van der Waals surface area contributed by atoms with Gasteiger partial charge < -0.3 is 14.7 Å². The van der Waals surface area contributed by atoms with E-state index in [4.69, 9.17) is 4.74 Å². The summed E-state index contributed by atoms with van der Waals surface area (Å²) in [5, 5.41) is 10.00. The molecule has 0 bridgehead atoms. The van der Waals surface area contributed by atoms with E-state index in [1.54, 1.807) is 48.2 Å². The maximum atomic E-state index is 13.8. The molecule has 4 aromatic rings. The van der Waals surface area contributed by atoms with Gasteiger partial charge >= 0.3 is 0 Å². The van der Waals surface area contributed by atoms with Crippen molar-refractivity contribution in [2.24, 2.45) is 5.92 Å². The summed E-state index contributed by atoms with van der Waals surface area (Å²) in [6, 6.07) is 29.7. The number of aliphatic hydroxyl groups excluding tert-OH is 1. The maximum absolute atomic E-state index is 13.8. The van der Waals surface area contributed by atoms with Crippen molar-refractivity contribution in [3.05, 3.63) is 114 Å². The number of sulfonamides is 1. The summed E-state index contributed by atoms with van der Waals surface area (Å²) in [7, 11) is -1.83. The van der Waals surface area contributed by atoms with Crippen LogP contribution in [0.25, 0.3) is 11.1 Å². The molecule has 1 amide bonds. The summed E-state index contributed by atoms with van der Waals surface area (Å²) in [5.74, 6) is 0.0180. The van der Waals surface area contributed by atoms with E-state index >= 15 is 0 Å². The van der Waals surface area contributed by atoms with Crippen molar-refractivity contribution in [1.29, 1.82) is 0 Å². The van der Waals surface area contributed by atoms with Crippen LogP contribution in [-0.4, -0.2) is 68.1 Å². The molecule has 0 fully saturated rings. The van der Waals surface area contributed by atoms with Gasteiger partial charge in [-0.15, -0.1) is 0 Å². The normalized spacial score (nSPS) is 17.6. The van der Waals surface area contributed by atoms with Gasteiger partial charge in [0.2, 0.25) is 0 Å². The first-order valence-corrected chi connectivity index (χ1v) is 16.7. The third kappa shape index (κ3) is 7.73. The molecule has 0 saturated heterocycles. The van der Waals surface area contributed by atoms with Crippen LogP contribution in [0.15, 0.2) is 102 Å². The van der Waals surface area contributed by atoms with Gasteiger partial charge in [0.05, 0.1) is 23.1 Å². The Bertz CT molecular complexity index is 1710. The number of fused-ring (bicyclic) bond motifs is 1. The van der Waals surface area contributed by atoms with E-state index < -0.39 is 16.1 Å². The summed E-state index contributed by atoms with van der Waals surface area (Å²) in [6.45, 7) is 7.23. The fourth-order valence-corrected chi connectivity index (χ4v) is 6.60. The van der Waals surface area contributed by atoms with Crippen molar-refractivity contribution in [3.8, 4) is 16.9 Å². The van der Waals surface area contributed by atoms with Gasteiger partial charge in [0.25, 0.3) is 15.9 Å². The predicted octanol–water partition coefficient (Wildman–Crippen LogP) is 5.81. The van der Waals surface area contributed by atoms with Crippen LogP contribution in [-0.2, 0) is 16.6 Å². The zero-order chi connectivity index (χ0) is 32.1. The minimum absolute atomic E-state index is 0.0428. The fraction of sp³-hybridized carbons (Fsp3) is 0.306. The van der Waals surface area contributed by atoms with Gasteiger partial charge in [0.15, 0.2) is 0 Å². The Hall–Kier alpha value is -4.18. The smallest absolute Gasteiger partial charge is 0.261 e. The van der Waals surface area contributed by atoms with Crippen molar-refractivity contribution in [2.75, 3.05) is 31.5 Å². The number of likely N-dealkylation sites (N-methyl/N-ethyl adjacent to an activating group) is 1. The molecule has 0 unspecified atom stereocenters. The quantitative estimate of drug-likeness (QED) is 0.230. The Morgan fingerprint density at radius 1 is 0.978 bits per heavy atom. The van der Waals surface area contributed by atoms with E-state index in [-0.39, 0.29) is 40.7 Å². The molecule has 0 aliphatic carbocycles. The van der Waals surface area contributed by atoms with E-state index in [1.807, 2.05) is 39.1 Å². The summed E-state index contributed by atoms with van der Waals surface area (Å²) in [6.07, 6.45) is -0.270. The third-order valence-electron chi connectivity index (χ3n) is 8.25. The number of hydrogen-bond donors (Lipinski definition) is 2. The molecule has 9 heteroatoms. The van der Waals surface area contributed by atoms with Crippen molar-refractivity contribution in [2.45, 2.75) is 44.4 Å². The molecule has 0 saturated carbocycles. The molecule has 236 valence electrons. The minimum Gasteiger partial charge on any atom is -0.488 e. The molecule has 45 heavy (non-hydrogen) atoms. The number of amides is 1. The lowest BCUT2D eigenvalue weighted by Gasteiger charge is -2.38. The van der Waals surface area contributed by atoms with E-state index in [2.05, 4.69) is 46.0 Å². The second-order valence-corrected chi connectivity index (χ2v) is 13.7. The summed E-state index contributed by atoms with van der Waals surface area (Å²) in [4.78, 5) is 17.8. The first kappa shape index (κ1) is 32.2. The standard InChI is InChI=1S/C36H41N3O5S/c1-25-10-17-32(18-11-25)45(42,43)37-31-16-19-34-33(20-31)36(41)39(27(3)24-40)21-26(2)35(44-34)23-38(4)22-28-12-14-30(15-13-28)29-8-6-5-7-9-29/h5-20,26-27,35,37,40H,21-24H2,1-4H3/t26-,27+,35+/m1/s1. The highest BCUT2D eigenvalue weighted by Gasteiger charge is 2.33. The highest BCUT2D eigenvalue weighted by Crippen LogP contribution is 2.32. The molecule has 0 radical (unpaired) electrons. The van der Waals surface area contributed by atoms with Gasteiger partial charge in [-0.25, -0.2) is 8.42 Å². The maximum Gasteiger partial charge on any atom is 0.261 e. The monoisotopic (exact) mass is 627 g/mol. The van der Waals surface area contributed by atoms with Crippen LogP contribution in [0.1, 0.15) is 35.3 Å². The number of carbonyl (C=O) groups excluding carboxylic acids is 1. The molecular formula is C36H41N3O5S. The number of aryl methyl sites for hydroxylation is 1. The molecule has 1 aliphatic rings. The molecule has 2 N–H and O–H groups in total. The Morgan fingerprint density at radius 3 is 2.31 bits per heavy atom. The molecule has 3 atom stereocenters. The highest BCUT2D eigenvalue weighted by atomic mass is 32.2. The third-order valence-corrected chi connectivity index (χ3v) is 9.65. The minimum atomic E-state index is -3.87. The van der Waals surface area contributed by atoms with Crippen LogP contribution in [0, 0.1) is 12.8 Å². The highest BCUT2D eigenvalue weighted by molar-refractivity contribution is 7.92. The number of nitrogens with one attached hydrogen (secondary N) is 1. The second kappa shape index (κ2) is 13.9. The number of aliphatic hydroxyl groups is 1. The van der Waals surface area contributed by atoms with Crippen molar-refractivity contribution < 1.29 is 23.1 Å². The van der Waals surface area contributed by atoms with Gasteiger partial charge in [-0.3, -0.25) is 14.4 Å². The Kier molecular flexibility index (Phi) is 9.92. The van der Waals surface area contributed by atoms with Crippen LogP contribution in [0.2, 0.25) is 0 Å². The molecule has 1 heterocycles. The molecule has 5 rings (SSSR count). The SMILES string of the molecule is Cc1ccc(S(=O)(=O)Nc2ccc3c(c2)C(=O)N([C@@H](C)CO)C[C@@H](C)[C@H](CN(C)Cc2ccc(-c4ccccc4)cc2)O3)cc1. The lowest BCUT2D eigenvalue weighted by atomic mass is 9.99. The number of ether oxygens (including phenoxy) is 1. The van der Waals surface area contributed by atoms with Crippen molar-refractivity contribution >= 4 is 21.6 Å². The summed E-state index contributed by atoms with van der Waals surface area (Å²) >= 11 is 0.